The summed E-state index contributed by atoms with van der Waals surface area (Å²) in [6, 6.07) is 21.6. The van der Waals surface area contributed by atoms with E-state index in [2.05, 4.69) is 15.9 Å². The zero-order chi connectivity index (χ0) is 20.4. The molecule has 0 fully saturated rings. The summed E-state index contributed by atoms with van der Waals surface area (Å²) in [6.07, 6.45) is 0. The van der Waals surface area contributed by atoms with Crippen molar-refractivity contribution in [2.24, 2.45) is 0 Å². The first-order chi connectivity index (χ1) is 13.2. The van der Waals surface area contributed by atoms with Crippen LogP contribution in [-0.4, -0.2) is 21.4 Å². The smallest absolute Gasteiger partial charge is 0.284 e. The van der Waals surface area contributed by atoms with E-state index in [1.807, 2.05) is 0 Å². The Kier molecular flexibility index (Phi) is 5.77. The second-order valence-corrected chi connectivity index (χ2v) is 11.1. The van der Waals surface area contributed by atoms with Gasteiger partial charge in [0.05, 0.1) is 5.75 Å². The third-order valence-corrected chi connectivity index (χ3v) is 9.56. The molecule has 0 amide bonds. The van der Waals surface area contributed by atoms with Crippen molar-refractivity contribution in [3.05, 3.63) is 106 Å². The number of halogens is 1. The molecule has 28 heavy (non-hydrogen) atoms. The van der Waals surface area contributed by atoms with E-state index in [9.17, 15) is 21.4 Å². The van der Waals surface area contributed by atoms with E-state index < -0.39 is 29.8 Å². The topological polar surface area (TPSA) is 88.5 Å². The molecule has 0 saturated heterocycles. The molecule has 0 aliphatic heterocycles. The number of hydrogen-bond donors (Lipinski definition) is 1. The van der Waals surface area contributed by atoms with Gasteiger partial charge >= 0.3 is 0 Å². The average molecular weight is 481 g/mol. The Morgan fingerprint density at radius 2 is 1.18 bits per heavy atom. The van der Waals surface area contributed by atoms with Crippen LogP contribution in [0.15, 0.2) is 89.4 Å². The molecule has 3 rings (SSSR count). The second-order valence-electron chi connectivity index (χ2n) is 6.21. The highest BCUT2D eigenvalue weighted by atomic mass is 79.9. The molecule has 0 heterocycles. The third-order valence-electron chi connectivity index (χ3n) is 4.38. The Labute approximate surface area is 172 Å². The van der Waals surface area contributed by atoms with Gasteiger partial charge in [0.25, 0.3) is 10.1 Å². The van der Waals surface area contributed by atoms with Crippen molar-refractivity contribution < 1.29 is 21.4 Å². The molecule has 0 bridgehead atoms. The predicted octanol–water partition coefficient (Wildman–Crippen LogP) is 4.15. The van der Waals surface area contributed by atoms with Crippen LogP contribution in [0.4, 0.5) is 0 Å². The molecule has 8 heteroatoms. The average Bonchev–Trinajstić information content (AvgIpc) is 2.64. The quantitative estimate of drug-likeness (QED) is 0.535. The van der Waals surface area contributed by atoms with Crippen LogP contribution in [0, 0.1) is 0 Å². The highest BCUT2D eigenvalue weighted by Gasteiger charge is 2.57. The van der Waals surface area contributed by atoms with E-state index in [1.54, 1.807) is 36.4 Å². The summed E-state index contributed by atoms with van der Waals surface area (Å²) >= 11 is 3.26. The summed E-state index contributed by atoms with van der Waals surface area (Å²) in [4.78, 5) is 0. The van der Waals surface area contributed by atoms with Gasteiger partial charge in [-0.15, -0.1) is 0 Å². The van der Waals surface area contributed by atoms with Gasteiger partial charge in [-0.2, -0.15) is 8.42 Å². The summed E-state index contributed by atoms with van der Waals surface area (Å²) in [5, 5.41) is 0. The summed E-state index contributed by atoms with van der Waals surface area (Å²) in [6.45, 7) is 0. The molecule has 0 aliphatic carbocycles. The zero-order valence-electron chi connectivity index (χ0n) is 14.6. The fraction of sp³-hybridized carbons (Fsp3) is 0.100. The largest absolute Gasteiger partial charge is 0.294 e. The van der Waals surface area contributed by atoms with E-state index in [4.69, 9.17) is 0 Å². The van der Waals surface area contributed by atoms with Crippen LogP contribution in [0.1, 0.15) is 16.7 Å². The van der Waals surface area contributed by atoms with Gasteiger partial charge in [0.1, 0.15) is 0 Å². The first-order valence-electron chi connectivity index (χ1n) is 8.23. The molecule has 0 radical (unpaired) electrons. The highest BCUT2D eigenvalue weighted by Crippen LogP contribution is 2.44. The fourth-order valence-corrected chi connectivity index (χ4v) is 7.62. The maximum atomic E-state index is 13.6. The van der Waals surface area contributed by atoms with Gasteiger partial charge in [0, 0.05) is 4.47 Å². The van der Waals surface area contributed by atoms with Gasteiger partial charge in [-0.1, -0.05) is 88.7 Å². The number of sulfone groups is 1. The molecule has 0 aromatic heterocycles. The van der Waals surface area contributed by atoms with Gasteiger partial charge in [-0.05, 0) is 28.8 Å². The number of hydrogen-bond acceptors (Lipinski definition) is 4. The molecule has 1 unspecified atom stereocenters. The molecule has 3 aromatic carbocycles. The minimum atomic E-state index is -5.13. The summed E-state index contributed by atoms with van der Waals surface area (Å²) in [5.41, 5.74) is 0.319. The van der Waals surface area contributed by atoms with Crippen molar-refractivity contribution in [2.45, 2.75) is 9.83 Å². The van der Waals surface area contributed by atoms with E-state index >= 15 is 0 Å². The van der Waals surface area contributed by atoms with Crippen molar-refractivity contribution in [1.82, 2.24) is 0 Å². The van der Waals surface area contributed by atoms with Crippen LogP contribution >= 0.6 is 15.9 Å². The maximum Gasteiger partial charge on any atom is 0.294 e. The first kappa shape index (κ1) is 20.7. The fourth-order valence-electron chi connectivity index (χ4n) is 3.21. The Hall–Kier alpha value is -2.00. The molecule has 5 nitrogen and oxygen atoms in total. The van der Waals surface area contributed by atoms with Crippen LogP contribution in [0.2, 0.25) is 0 Å². The Morgan fingerprint density at radius 3 is 1.68 bits per heavy atom. The van der Waals surface area contributed by atoms with Crippen LogP contribution in [0.25, 0.3) is 0 Å². The molecule has 1 atom stereocenters. The maximum absolute atomic E-state index is 13.6. The van der Waals surface area contributed by atoms with Crippen LogP contribution in [0.3, 0.4) is 0 Å². The van der Waals surface area contributed by atoms with E-state index in [0.29, 0.717) is 10.0 Å². The molecule has 0 spiro atoms. The SMILES string of the molecule is O=S(=O)(O)C(c1ccccc1)(c1ccc(Br)cc1)S(=O)(=O)Cc1ccccc1. The van der Waals surface area contributed by atoms with Gasteiger partial charge in [0.15, 0.2) is 9.84 Å². The monoisotopic (exact) mass is 480 g/mol. The van der Waals surface area contributed by atoms with Crippen LogP contribution in [0.5, 0.6) is 0 Å². The Balaban J connectivity index is 2.37. The van der Waals surface area contributed by atoms with Crippen molar-refractivity contribution in [3.8, 4) is 0 Å². The molecule has 3 aromatic rings. The summed E-state index contributed by atoms with van der Waals surface area (Å²) in [5.74, 6) is -0.557. The molecule has 146 valence electrons. The summed E-state index contributed by atoms with van der Waals surface area (Å²) < 4.78 is 61.0. The normalized spacial score (nSPS) is 14.4. The number of rotatable bonds is 6. The Bertz CT molecular complexity index is 1160. The zero-order valence-corrected chi connectivity index (χ0v) is 17.8. The van der Waals surface area contributed by atoms with Crippen molar-refractivity contribution in [2.75, 3.05) is 0 Å². The minimum absolute atomic E-state index is 0.0456. The van der Waals surface area contributed by atoms with Crippen LogP contribution in [-0.2, 0) is 29.8 Å². The standard InChI is InChI=1S/C20H17BrO5S2/c21-19-13-11-18(12-14-19)20(28(24,25)26,17-9-5-2-6-10-17)27(22,23)15-16-7-3-1-4-8-16/h1-14H,15H2,(H,24,25,26). The van der Waals surface area contributed by atoms with Crippen molar-refractivity contribution in [3.63, 3.8) is 0 Å². The van der Waals surface area contributed by atoms with Gasteiger partial charge in [0.2, 0.25) is 4.08 Å². The van der Waals surface area contributed by atoms with Gasteiger partial charge < -0.3 is 0 Å². The lowest BCUT2D eigenvalue weighted by Gasteiger charge is -2.31. The Morgan fingerprint density at radius 1 is 0.714 bits per heavy atom. The summed E-state index contributed by atoms with van der Waals surface area (Å²) in [7, 11) is -9.59. The lowest BCUT2D eigenvalue weighted by atomic mass is 10.0. The predicted molar refractivity (Wildman–Crippen MR) is 112 cm³/mol. The third kappa shape index (κ3) is 3.65. The first-order valence-corrected chi connectivity index (χ1v) is 12.1. The lowest BCUT2D eigenvalue weighted by Crippen LogP contribution is -2.45. The second kappa shape index (κ2) is 7.79. The van der Waals surface area contributed by atoms with Gasteiger partial charge in [-0.3, -0.25) is 4.55 Å². The highest BCUT2D eigenvalue weighted by molar-refractivity contribution is 9.10. The van der Waals surface area contributed by atoms with Crippen molar-refractivity contribution in [1.29, 1.82) is 0 Å². The van der Waals surface area contributed by atoms with Crippen LogP contribution < -0.4 is 0 Å². The number of benzene rings is 3. The lowest BCUT2D eigenvalue weighted by molar-refractivity contribution is 0.464. The van der Waals surface area contributed by atoms with E-state index in [0.717, 1.165) is 0 Å². The molecular formula is C20H17BrO5S2. The molecule has 1 N–H and O–H groups in total. The molecule has 0 saturated carbocycles. The molecule has 0 aliphatic rings. The van der Waals surface area contributed by atoms with E-state index in [-0.39, 0.29) is 11.1 Å². The van der Waals surface area contributed by atoms with Crippen molar-refractivity contribution >= 4 is 35.9 Å². The van der Waals surface area contributed by atoms with E-state index in [1.165, 1.54) is 48.5 Å². The molecular weight excluding hydrogens is 464 g/mol. The minimum Gasteiger partial charge on any atom is -0.284 e. The van der Waals surface area contributed by atoms with Gasteiger partial charge in [-0.25, -0.2) is 8.42 Å².